The zero-order chi connectivity index (χ0) is 32.5. The summed E-state index contributed by atoms with van der Waals surface area (Å²) < 4.78 is 30.6. The van der Waals surface area contributed by atoms with Gasteiger partial charge in [-0.2, -0.15) is 9.50 Å². The number of aromatic nitrogens is 6. The maximum Gasteiger partial charge on any atom is 0.330 e. The van der Waals surface area contributed by atoms with Gasteiger partial charge in [-0.1, -0.05) is 13.8 Å². The molecule has 15 nitrogen and oxygen atoms in total. The molecule has 5 N–H and O–H groups in total. The van der Waals surface area contributed by atoms with Gasteiger partial charge in [-0.15, -0.1) is 5.10 Å². The number of carbonyl (C=O) groups is 1. The maximum absolute atomic E-state index is 15.1. The fraction of sp³-hybridized carbons (Fsp3) is 0.433. The number of carbonyl (C=O) groups excluding carboxylic acids is 1. The Morgan fingerprint density at radius 2 is 1.91 bits per heavy atom. The summed E-state index contributed by atoms with van der Waals surface area (Å²) in [6.07, 6.45) is 1.53. The van der Waals surface area contributed by atoms with E-state index in [1.165, 1.54) is 21.4 Å². The van der Waals surface area contributed by atoms with Crippen LogP contribution in [-0.2, 0) is 18.4 Å². The first-order chi connectivity index (χ1) is 22.1. The van der Waals surface area contributed by atoms with Gasteiger partial charge in [-0.05, 0) is 30.2 Å². The number of nitrogens with one attached hydrogen (secondary N) is 1. The van der Waals surface area contributed by atoms with E-state index < -0.39 is 6.04 Å². The Morgan fingerprint density at radius 1 is 1.13 bits per heavy atom. The number of rotatable bonds is 11. The number of imidazole rings is 1. The Bertz CT molecular complexity index is 1910. The van der Waals surface area contributed by atoms with Gasteiger partial charge in [0.05, 0.1) is 24.5 Å². The molecule has 46 heavy (non-hydrogen) atoms. The van der Waals surface area contributed by atoms with Gasteiger partial charge < -0.3 is 30.8 Å². The Kier molecular flexibility index (Phi) is 8.64. The fourth-order valence-electron chi connectivity index (χ4n) is 5.55. The topological polar surface area (TPSA) is 180 Å². The average molecular weight is 636 g/mol. The number of furan rings is 1. The lowest BCUT2D eigenvalue weighted by Crippen LogP contribution is -2.47. The van der Waals surface area contributed by atoms with Crippen LogP contribution in [0.4, 0.5) is 16.0 Å². The van der Waals surface area contributed by atoms with Crippen molar-refractivity contribution in [2.45, 2.75) is 26.4 Å². The Labute approximate surface area is 263 Å². The minimum absolute atomic E-state index is 0.0331. The van der Waals surface area contributed by atoms with Gasteiger partial charge in [0.2, 0.25) is 17.7 Å². The van der Waals surface area contributed by atoms with Crippen molar-refractivity contribution >= 4 is 34.4 Å². The molecular weight excluding hydrogens is 597 g/mol. The number of hydrogen-bond donors (Lipinski definition) is 3. The number of fused-ring (bicyclic) bond motifs is 3. The molecule has 6 rings (SSSR count). The normalized spacial score (nSPS) is 14.9. The fourth-order valence-corrected chi connectivity index (χ4v) is 5.55. The van der Waals surface area contributed by atoms with E-state index in [-0.39, 0.29) is 42.4 Å². The van der Waals surface area contributed by atoms with Crippen molar-refractivity contribution in [3.63, 3.8) is 0 Å². The van der Waals surface area contributed by atoms with Crippen molar-refractivity contribution in [3.8, 4) is 17.3 Å². The molecule has 0 aliphatic carbocycles. The number of nitrogens with zero attached hydrogens (tertiary/aromatic N) is 8. The molecule has 1 fully saturated rings. The molecule has 1 amide bonds. The van der Waals surface area contributed by atoms with E-state index in [0.29, 0.717) is 79.1 Å². The molecule has 0 saturated carbocycles. The Balaban J connectivity index is 1.05. The molecule has 16 heteroatoms. The zero-order valence-corrected chi connectivity index (χ0v) is 26.0. The standard InChI is InChI=1S/C30H38FN11O4/c1-18(2)23(32)28(43)34-8-16-45-19-6-7-21(20(31)17-19)40-12-9-39(10-13-40)11-14-41-26-24(38(3)30(41)44)27-35-25(22-5-4-15-46-22)37-42(27)29(33)36-26/h4-7,15,17-18,23H,8-14,16,32H2,1-3H3,(H2,33,36)(H,34,43)/t23-/m0/s1. The second kappa shape index (κ2) is 12.8. The van der Waals surface area contributed by atoms with Crippen LogP contribution in [0.3, 0.4) is 0 Å². The number of aryl methyl sites for hydroxylation is 1. The molecule has 1 aliphatic rings. The van der Waals surface area contributed by atoms with Crippen LogP contribution < -0.4 is 32.1 Å². The van der Waals surface area contributed by atoms with E-state index in [1.54, 1.807) is 35.9 Å². The predicted molar refractivity (Wildman–Crippen MR) is 170 cm³/mol. The lowest BCUT2D eigenvalue weighted by molar-refractivity contribution is -0.123. The molecule has 5 heterocycles. The second-order valence-electron chi connectivity index (χ2n) is 11.6. The van der Waals surface area contributed by atoms with Crippen molar-refractivity contribution in [3.05, 3.63) is 52.9 Å². The number of nitrogen functional groups attached to an aromatic ring is 1. The Morgan fingerprint density at radius 3 is 2.61 bits per heavy atom. The molecule has 0 radical (unpaired) electrons. The van der Waals surface area contributed by atoms with Gasteiger partial charge >= 0.3 is 5.69 Å². The molecule has 1 atom stereocenters. The van der Waals surface area contributed by atoms with E-state index >= 15 is 4.39 Å². The lowest BCUT2D eigenvalue weighted by Gasteiger charge is -2.36. The minimum atomic E-state index is -0.580. The monoisotopic (exact) mass is 635 g/mol. The van der Waals surface area contributed by atoms with Gasteiger partial charge in [-0.25, -0.2) is 14.2 Å². The number of amides is 1. The van der Waals surface area contributed by atoms with Crippen LogP contribution in [0, 0.1) is 11.7 Å². The summed E-state index contributed by atoms with van der Waals surface area (Å²) in [5, 5.41) is 7.15. The molecule has 244 valence electrons. The SMILES string of the molecule is CC(C)[C@H](N)C(=O)NCCOc1ccc(N2CCN(CCn3c(=O)n(C)c4c3nc(N)n3nc(-c5ccco5)nc43)CC2)c(F)c1. The van der Waals surface area contributed by atoms with Gasteiger partial charge in [-0.3, -0.25) is 18.8 Å². The molecule has 0 spiro atoms. The lowest BCUT2D eigenvalue weighted by atomic mass is 10.1. The zero-order valence-electron chi connectivity index (χ0n) is 26.0. The van der Waals surface area contributed by atoms with E-state index in [2.05, 4.69) is 25.3 Å². The second-order valence-corrected chi connectivity index (χ2v) is 11.6. The maximum atomic E-state index is 15.1. The molecule has 0 bridgehead atoms. The highest BCUT2D eigenvalue weighted by Gasteiger charge is 2.24. The van der Waals surface area contributed by atoms with Crippen molar-refractivity contribution in [1.82, 2.24) is 38.9 Å². The first kappa shape index (κ1) is 31.0. The summed E-state index contributed by atoms with van der Waals surface area (Å²) in [6, 6.07) is 7.70. The molecule has 4 aromatic heterocycles. The summed E-state index contributed by atoms with van der Waals surface area (Å²) >= 11 is 0. The average Bonchev–Trinajstić information content (AvgIpc) is 3.78. The van der Waals surface area contributed by atoms with Crippen LogP contribution >= 0.6 is 0 Å². The van der Waals surface area contributed by atoms with Crippen molar-refractivity contribution in [1.29, 1.82) is 0 Å². The van der Waals surface area contributed by atoms with Crippen LogP contribution in [0.25, 0.3) is 28.4 Å². The van der Waals surface area contributed by atoms with Gasteiger partial charge in [0.1, 0.15) is 23.7 Å². The summed E-state index contributed by atoms with van der Waals surface area (Å²) in [4.78, 5) is 38.6. The third kappa shape index (κ3) is 6.00. The predicted octanol–water partition coefficient (Wildman–Crippen LogP) is 1.06. The minimum Gasteiger partial charge on any atom is -0.492 e. The molecule has 5 aromatic rings. The van der Waals surface area contributed by atoms with Crippen molar-refractivity contribution in [2.75, 3.05) is 56.5 Å². The molecular formula is C30H38FN11O4. The summed E-state index contributed by atoms with van der Waals surface area (Å²) in [5.74, 6) is 0.738. The van der Waals surface area contributed by atoms with Crippen LogP contribution in [0.1, 0.15) is 13.8 Å². The molecule has 1 aromatic carbocycles. The van der Waals surface area contributed by atoms with Gasteiger partial charge in [0.25, 0.3) is 0 Å². The quantitative estimate of drug-likeness (QED) is 0.177. The Hall–Kier alpha value is -4.96. The van der Waals surface area contributed by atoms with E-state index in [0.717, 1.165) is 0 Å². The highest BCUT2D eigenvalue weighted by atomic mass is 19.1. The van der Waals surface area contributed by atoms with Crippen LogP contribution in [0.5, 0.6) is 5.75 Å². The van der Waals surface area contributed by atoms with E-state index in [9.17, 15) is 9.59 Å². The van der Waals surface area contributed by atoms with E-state index in [4.69, 9.17) is 20.6 Å². The van der Waals surface area contributed by atoms with Crippen LogP contribution in [-0.4, -0.2) is 91.4 Å². The number of hydrogen-bond acceptors (Lipinski definition) is 11. The first-order valence-corrected chi connectivity index (χ1v) is 15.2. The van der Waals surface area contributed by atoms with Crippen LogP contribution in [0.15, 0.2) is 45.8 Å². The summed E-state index contributed by atoms with van der Waals surface area (Å²) in [6.45, 7) is 7.82. The largest absolute Gasteiger partial charge is 0.492 e. The third-order valence-corrected chi connectivity index (χ3v) is 8.28. The first-order valence-electron chi connectivity index (χ1n) is 15.2. The smallest absolute Gasteiger partial charge is 0.330 e. The number of halogens is 1. The van der Waals surface area contributed by atoms with Crippen LogP contribution in [0.2, 0.25) is 0 Å². The highest BCUT2D eigenvalue weighted by Crippen LogP contribution is 2.26. The number of piperazine rings is 1. The molecule has 0 unspecified atom stereocenters. The number of nitrogens with two attached hydrogens (primary N) is 2. The molecule has 1 aliphatic heterocycles. The van der Waals surface area contributed by atoms with Crippen molar-refractivity contribution < 1.29 is 18.3 Å². The number of ether oxygens (including phenoxy) is 1. The summed E-state index contributed by atoms with van der Waals surface area (Å²) in [7, 11) is 1.67. The van der Waals surface area contributed by atoms with E-state index in [1.807, 2.05) is 18.7 Å². The van der Waals surface area contributed by atoms with Crippen molar-refractivity contribution in [2.24, 2.45) is 18.7 Å². The number of anilines is 2. The highest BCUT2D eigenvalue weighted by molar-refractivity contribution is 5.88. The third-order valence-electron chi connectivity index (χ3n) is 8.28. The van der Waals surface area contributed by atoms with Gasteiger partial charge in [0, 0.05) is 52.4 Å². The van der Waals surface area contributed by atoms with Gasteiger partial charge in [0.15, 0.2) is 17.1 Å². The summed E-state index contributed by atoms with van der Waals surface area (Å²) in [5.41, 5.74) is 13.7. The molecule has 1 saturated heterocycles. The number of benzene rings is 1.